The van der Waals surface area contributed by atoms with Crippen LogP contribution in [0.1, 0.15) is 49.3 Å². The third-order valence-corrected chi connectivity index (χ3v) is 5.78. The van der Waals surface area contributed by atoms with E-state index in [0.717, 1.165) is 23.3 Å². The highest BCUT2D eigenvalue weighted by Gasteiger charge is 2.32. The number of hydrogen-bond donors (Lipinski definition) is 1. The molecular formula is C28H28F2N2O3. The zero-order valence-corrected chi connectivity index (χ0v) is 20.4. The van der Waals surface area contributed by atoms with E-state index in [1.165, 1.54) is 6.07 Å². The van der Waals surface area contributed by atoms with Gasteiger partial charge in [-0.3, -0.25) is 0 Å². The Morgan fingerprint density at radius 1 is 1.09 bits per heavy atom. The van der Waals surface area contributed by atoms with Crippen molar-refractivity contribution in [2.75, 3.05) is 0 Å². The smallest absolute Gasteiger partial charge is 0.337 e. The van der Waals surface area contributed by atoms with Crippen molar-refractivity contribution in [3.63, 3.8) is 0 Å². The Balaban J connectivity index is 1.97. The Morgan fingerprint density at radius 2 is 1.77 bits per heavy atom. The molecule has 5 nitrogen and oxygen atoms in total. The zero-order chi connectivity index (χ0) is 25.5. The Morgan fingerprint density at radius 3 is 2.40 bits per heavy atom. The quantitative estimate of drug-likeness (QED) is 0.340. The van der Waals surface area contributed by atoms with Crippen LogP contribution >= 0.6 is 0 Å². The van der Waals surface area contributed by atoms with Gasteiger partial charge in [-0.2, -0.15) is 0 Å². The maximum Gasteiger partial charge on any atom is 0.337 e. The first-order chi connectivity index (χ1) is 16.4. The van der Waals surface area contributed by atoms with Crippen LogP contribution in [0.3, 0.4) is 0 Å². The van der Waals surface area contributed by atoms with E-state index in [4.69, 9.17) is 9.72 Å². The normalized spacial score (nSPS) is 12.8. The predicted octanol–water partition coefficient (Wildman–Crippen LogP) is 6.59. The number of halogens is 2. The lowest BCUT2D eigenvalue weighted by Gasteiger charge is -2.28. The van der Waals surface area contributed by atoms with Gasteiger partial charge in [-0.25, -0.2) is 18.6 Å². The minimum Gasteiger partial charge on any atom is -0.479 e. The van der Waals surface area contributed by atoms with Gasteiger partial charge in [0.15, 0.2) is 6.10 Å². The highest BCUT2D eigenvalue weighted by Crippen LogP contribution is 2.40. The lowest BCUT2D eigenvalue weighted by molar-refractivity contribution is -0.160. The summed E-state index contributed by atoms with van der Waals surface area (Å²) in [4.78, 5) is 17.1. The lowest BCUT2D eigenvalue weighted by Crippen LogP contribution is -2.28. The molecule has 0 unspecified atom stereocenters. The molecule has 182 valence electrons. The molecule has 0 spiro atoms. The number of carbonyl (C=O) groups is 1. The fourth-order valence-corrected chi connectivity index (χ4v) is 4.24. The summed E-state index contributed by atoms with van der Waals surface area (Å²) in [5.74, 6) is -2.14. The number of aryl methyl sites for hydroxylation is 2. The van der Waals surface area contributed by atoms with E-state index in [1.807, 2.05) is 37.3 Å². The second-order valence-corrected chi connectivity index (χ2v) is 9.72. The Hall–Kier alpha value is -3.58. The van der Waals surface area contributed by atoms with Crippen molar-refractivity contribution in [2.24, 2.45) is 0 Å². The molecule has 0 amide bonds. The van der Waals surface area contributed by atoms with Crippen LogP contribution in [0.25, 0.3) is 22.2 Å². The second-order valence-electron chi connectivity index (χ2n) is 9.72. The zero-order valence-electron chi connectivity index (χ0n) is 20.4. The van der Waals surface area contributed by atoms with Crippen molar-refractivity contribution in [3.8, 4) is 11.1 Å². The summed E-state index contributed by atoms with van der Waals surface area (Å²) in [7, 11) is 0. The SMILES string of the molecule is Cc1ccc(-c2c([C@H](OC(C)(C)C)C(=O)O)c(C)nc3c2ccn3Cc2cc(F)ccc2F)cc1. The minimum atomic E-state index is -1.24. The van der Waals surface area contributed by atoms with E-state index in [9.17, 15) is 18.7 Å². The molecule has 7 heteroatoms. The van der Waals surface area contributed by atoms with Gasteiger partial charge in [-0.15, -0.1) is 0 Å². The van der Waals surface area contributed by atoms with Crippen LogP contribution in [-0.4, -0.2) is 26.2 Å². The highest BCUT2D eigenvalue weighted by atomic mass is 19.1. The number of benzene rings is 2. The summed E-state index contributed by atoms with van der Waals surface area (Å²) in [6, 6.07) is 13.0. The summed E-state index contributed by atoms with van der Waals surface area (Å²) >= 11 is 0. The third-order valence-electron chi connectivity index (χ3n) is 5.78. The monoisotopic (exact) mass is 478 g/mol. The molecule has 35 heavy (non-hydrogen) atoms. The number of carboxylic acid groups (broad SMARTS) is 1. The topological polar surface area (TPSA) is 64.3 Å². The third kappa shape index (κ3) is 5.10. The van der Waals surface area contributed by atoms with Gasteiger partial charge >= 0.3 is 5.97 Å². The molecule has 0 aliphatic heterocycles. The number of pyridine rings is 1. The van der Waals surface area contributed by atoms with Crippen molar-refractivity contribution in [1.29, 1.82) is 0 Å². The first-order valence-electron chi connectivity index (χ1n) is 11.4. The van der Waals surface area contributed by atoms with Gasteiger partial charge in [0.25, 0.3) is 0 Å². The number of rotatable bonds is 6. The molecule has 1 N–H and O–H groups in total. The summed E-state index contributed by atoms with van der Waals surface area (Å²) in [6.45, 7) is 9.21. The van der Waals surface area contributed by atoms with Crippen molar-refractivity contribution in [1.82, 2.24) is 9.55 Å². The van der Waals surface area contributed by atoms with Gasteiger partial charge < -0.3 is 14.4 Å². The summed E-state index contributed by atoms with van der Waals surface area (Å²) in [5, 5.41) is 10.8. The molecule has 0 radical (unpaired) electrons. The number of carboxylic acids is 1. The first-order valence-corrected chi connectivity index (χ1v) is 11.4. The number of aromatic nitrogens is 2. The average molecular weight is 479 g/mol. The summed E-state index contributed by atoms with van der Waals surface area (Å²) < 4.78 is 35.9. The molecular weight excluding hydrogens is 450 g/mol. The molecule has 2 aromatic heterocycles. The number of ether oxygens (including phenoxy) is 1. The van der Waals surface area contributed by atoms with E-state index in [2.05, 4.69) is 0 Å². The molecule has 0 aliphatic rings. The van der Waals surface area contributed by atoms with Crippen LogP contribution in [0.2, 0.25) is 0 Å². The van der Waals surface area contributed by atoms with Crippen molar-refractivity contribution in [3.05, 3.63) is 88.7 Å². The van der Waals surface area contributed by atoms with Gasteiger partial charge in [0.05, 0.1) is 12.1 Å². The van der Waals surface area contributed by atoms with Crippen LogP contribution < -0.4 is 0 Å². The van der Waals surface area contributed by atoms with Gasteiger partial charge in [-0.05, 0) is 64.4 Å². The molecule has 2 heterocycles. The van der Waals surface area contributed by atoms with E-state index in [0.29, 0.717) is 27.9 Å². The van der Waals surface area contributed by atoms with Crippen LogP contribution in [0.15, 0.2) is 54.7 Å². The lowest BCUT2D eigenvalue weighted by atomic mass is 9.92. The van der Waals surface area contributed by atoms with E-state index in [-0.39, 0.29) is 12.1 Å². The molecule has 0 saturated carbocycles. The predicted molar refractivity (Wildman–Crippen MR) is 131 cm³/mol. The van der Waals surface area contributed by atoms with Crippen molar-refractivity contribution >= 4 is 17.0 Å². The Labute approximate surface area is 203 Å². The highest BCUT2D eigenvalue weighted by molar-refractivity contribution is 5.97. The van der Waals surface area contributed by atoms with Gasteiger partial charge in [0.1, 0.15) is 17.3 Å². The second kappa shape index (κ2) is 9.23. The number of fused-ring (bicyclic) bond motifs is 1. The van der Waals surface area contributed by atoms with Crippen LogP contribution in [-0.2, 0) is 16.1 Å². The van der Waals surface area contributed by atoms with Gasteiger partial charge in [0, 0.05) is 34.0 Å². The molecule has 0 fully saturated rings. The van der Waals surface area contributed by atoms with Gasteiger partial charge in [0.2, 0.25) is 0 Å². The minimum absolute atomic E-state index is 0.0765. The van der Waals surface area contributed by atoms with Crippen LogP contribution in [0, 0.1) is 25.5 Å². The number of nitrogens with zero attached hydrogens (tertiary/aromatic N) is 2. The van der Waals surface area contributed by atoms with Crippen molar-refractivity contribution < 1.29 is 23.4 Å². The fourth-order valence-electron chi connectivity index (χ4n) is 4.24. The molecule has 2 aromatic carbocycles. The summed E-state index contributed by atoms with van der Waals surface area (Å²) in [5.41, 5.74) is 3.57. The Kier molecular flexibility index (Phi) is 6.47. The molecule has 0 saturated heterocycles. The number of aliphatic carboxylic acids is 1. The molecule has 1 atom stereocenters. The fraction of sp³-hybridized carbons (Fsp3) is 0.286. The maximum atomic E-state index is 14.4. The average Bonchev–Trinajstić information content (AvgIpc) is 3.16. The maximum absolute atomic E-state index is 14.4. The molecule has 4 rings (SSSR count). The molecule has 0 bridgehead atoms. The summed E-state index contributed by atoms with van der Waals surface area (Å²) in [6.07, 6.45) is 0.510. The Bertz CT molecular complexity index is 1400. The van der Waals surface area contributed by atoms with Crippen LogP contribution in [0.5, 0.6) is 0 Å². The van der Waals surface area contributed by atoms with E-state index >= 15 is 0 Å². The van der Waals surface area contributed by atoms with Crippen LogP contribution in [0.4, 0.5) is 8.78 Å². The first kappa shape index (κ1) is 24.5. The molecule has 4 aromatic rings. The largest absolute Gasteiger partial charge is 0.479 e. The van der Waals surface area contributed by atoms with Gasteiger partial charge in [-0.1, -0.05) is 29.8 Å². The van der Waals surface area contributed by atoms with E-state index < -0.39 is 29.3 Å². The standard InChI is InChI=1S/C28H28F2N2O3/c1-16-6-8-18(9-7-16)24-21-12-13-32(15-19-14-20(29)10-11-22(19)30)26(21)31-17(2)23(24)25(27(33)34)35-28(3,4)5/h6-14,25H,15H2,1-5H3,(H,33,34)/t25-/m0/s1. The van der Waals surface area contributed by atoms with Crippen molar-refractivity contribution in [2.45, 2.75) is 52.9 Å². The molecule has 0 aliphatic carbocycles. The van der Waals surface area contributed by atoms with E-state index in [1.54, 1.807) is 38.5 Å². The number of hydrogen-bond acceptors (Lipinski definition) is 3.